The standard InChI is InChI=1S/C13H17ClN2O2/c1-3-16(4-2)13(18)12(17)15-9-10-7-5-6-8-11(10)14/h5-8H,3-4,9H2,1-2H3,(H,15,17). The first-order chi connectivity index (χ1) is 8.60. The Bertz CT molecular complexity index is 431. The Kier molecular flexibility index (Phi) is 5.65. The van der Waals surface area contributed by atoms with E-state index < -0.39 is 11.8 Å². The van der Waals surface area contributed by atoms with Gasteiger partial charge in [0.2, 0.25) is 0 Å². The van der Waals surface area contributed by atoms with Gasteiger partial charge in [0, 0.05) is 24.7 Å². The molecule has 0 aliphatic rings. The summed E-state index contributed by atoms with van der Waals surface area (Å²) in [7, 11) is 0. The number of nitrogens with zero attached hydrogens (tertiary/aromatic N) is 1. The minimum Gasteiger partial charge on any atom is -0.344 e. The molecule has 1 N–H and O–H groups in total. The zero-order valence-electron chi connectivity index (χ0n) is 10.6. The van der Waals surface area contributed by atoms with Gasteiger partial charge in [0.05, 0.1) is 0 Å². The lowest BCUT2D eigenvalue weighted by Gasteiger charge is -2.17. The fourth-order valence-corrected chi connectivity index (χ4v) is 1.75. The van der Waals surface area contributed by atoms with Gasteiger partial charge < -0.3 is 10.2 Å². The maximum absolute atomic E-state index is 11.7. The lowest BCUT2D eigenvalue weighted by Crippen LogP contribution is -2.42. The van der Waals surface area contributed by atoms with Gasteiger partial charge in [0.1, 0.15) is 0 Å². The van der Waals surface area contributed by atoms with E-state index in [9.17, 15) is 9.59 Å². The second-order valence-electron chi connectivity index (χ2n) is 3.75. The van der Waals surface area contributed by atoms with Gasteiger partial charge in [0.15, 0.2) is 0 Å². The normalized spacial score (nSPS) is 9.94. The number of hydrogen-bond donors (Lipinski definition) is 1. The summed E-state index contributed by atoms with van der Waals surface area (Å²) in [4.78, 5) is 24.8. The van der Waals surface area contributed by atoms with Crippen LogP contribution in [0.15, 0.2) is 24.3 Å². The highest BCUT2D eigenvalue weighted by atomic mass is 35.5. The van der Waals surface area contributed by atoms with Crippen molar-refractivity contribution >= 4 is 23.4 Å². The number of hydrogen-bond acceptors (Lipinski definition) is 2. The van der Waals surface area contributed by atoms with Crippen LogP contribution in [0.3, 0.4) is 0 Å². The first-order valence-electron chi connectivity index (χ1n) is 5.90. The van der Waals surface area contributed by atoms with E-state index in [1.54, 1.807) is 6.07 Å². The number of likely N-dealkylation sites (N-methyl/N-ethyl adjacent to an activating group) is 1. The van der Waals surface area contributed by atoms with Gasteiger partial charge in [-0.15, -0.1) is 0 Å². The first-order valence-corrected chi connectivity index (χ1v) is 6.28. The molecule has 0 atom stereocenters. The molecule has 2 amide bonds. The maximum atomic E-state index is 11.7. The molecule has 18 heavy (non-hydrogen) atoms. The van der Waals surface area contributed by atoms with Gasteiger partial charge >= 0.3 is 11.8 Å². The minimum atomic E-state index is -0.599. The molecule has 0 aromatic heterocycles. The van der Waals surface area contributed by atoms with E-state index in [0.29, 0.717) is 18.1 Å². The molecule has 1 aromatic carbocycles. The average Bonchev–Trinajstić information content (AvgIpc) is 2.38. The molecule has 0 fully saturated rings. The Morgan fingerprint density at radius 3 is 2.39 bits per heavy atom. The number of amides is 2. The van der Waals surface area contributed by atoms with Crippen molar-refractivity contribution in [2.75, 3.05) is 13.1 Å². The van der Waals surface area contributed by atoms with E-state index in [-0.39, 0.29) is 6.54 Å². The zero-order valence-corrected chi connectivity index (χ0v) is 11.3. The van der Waals surface area contributed by atoms with Crippen LogP contribution in [0.4, 0.5) is 0 Å². The topological polar surface area (TPSA) is 49.4 Å². The number of halogens is 1. The van der Waals surface area contributed by atoms with Crippen molar-refractivity contribution in [2.24, 2.45) is 0 Å². The van der Waals surface area contributed by atoms with Crippen molar-refractivity contribution < 1.29 is 9.59 Å². The van der Waals surface area contributed by atoms with Crippen LogP contribution in [0, 0.1) is 0 Å². The molecule has 1 aromatic rings. The summed E-state index contributed by atoms with van der Waals surface area (Å²) in [6.07, 6.45) is 0. The summed E-state index contributed by atoms with van der Waals surface area (Å²) >= 11 is 5.96. The van der Waals surface area contributed by atoms with Gasteiger partial charge in [-0.05, 0) is 25.5 Å². The SMILES string of the molecule is CCN(CC)C(=O)C(=O)NCc1ccccc1Cl. The molecule has 0 saturated heterocycles. The van der Waals surface area contributed by atoms with Gasteiger partial charge in [-0.1, -0.05) is 29.8 Å². The summed E-state index contributed by atoms with van der Waals surface area (Å²) in [5.41, 5.74) is 0.792. The third-order valence-electron chi connectivity index (χ3n) is 2.64. The molecule has 0 unspecified atom stereocenters. The smallest absolute Gasteiger partial charge is 0.311 e. The number of nitrogens with one attached hydrogen (secondary N) is 1. The molecule has 5 heteroatoms. The minimum absolute atomic E-state index is 0.255. The molecular weight excluding hydrogens is 252 g/mol. The van der Waals surface area contributed by atoms with E-state index in [0.717, 1.165) is 5.56 Å². The van der Waals surface area contributed by atoms with Gasteiger partial charge in [-0.2, -0.15) is 0 Å². The highest BCUT2D eigenvalue weighted by Crippen LogP contribution is 2.14. The largest absolute Gasteiger partial charge is 0.344 e. The molecule has 0 radical (unpaired) electrons. The first kappa shape index (κ1) is 14.5. The summed E-state index contributed by atoms with van der Waals surface area (Å²) in [5, 5.41) is 3.15. The zero-order chi connectivity index (χ0) is 13.5. The van der Waals surface area contributed by atoms with Crippen LogP contribution >= 0.6 is 11.6 Å². The fraction of sp³-hybridized carbons (Fsp3) is 0.385. The molecular formula is C13H17ClN2O2. The van der Waals surface area contributed by atoms with E-state index >= 15 is 0 Å². The number of carbonyl (C=O) groups excluding carboxylic acids is 2. The van der Waals surface area contributed by atoms with Gasteiger partial charge in [0.25, 0.3) is 0 Å². The molecule has 0 aliphatic carbocycles. The molecule has 0 heterocycles. The maximum Gasteiger partial charge on any atom is 0.311 e. The summed E-state index contributed by atoms with van der Waals surface area (Å²) < 4.78 is 0. The van der Waals surface area contributed by atoms with Gasteiger partial charge in [-0.3, -0.25) is 9.59 Å². The Morgan fingerprint density at radius 1 is 1.22 bits per heavy atom. The molecule has 0 bridgehead atoms. The van der Waals surface area contributed by atoms with Crippen molar-refractivity contribution in [1.29, 1.82) is 0 Å². The Labute approximate surface area is 112 Å². The summed E-state index contributed by atoms with van der Waals surface area (Å²) in [6, 6.07) is 7.20. The monoisotopic (exact) mass is 268 g/mol. The van der Waals surface area contributed by atoms with Crippen molar-refractivity contribution in [3.63, 3.8) is 0 Å². The second kappa shape index (κ2) is 7.01. The molecule has 0 saturated carbocycles. The lowest BCUT2D eigenvalue weighted by atomic mass is 10.2. The average molecular weight is 269 g/mol. The molecule has 0 spiro atoms. The summed E-state index contributed by atoms with van der Waals surface area (Å²) in [5.74, 6) is -1.11. The van der Waals surface area contributed by atoms with Crippen LogP contribution < -0.4 is 5.32 Å². The number of carbonyl (C=O) groups is 2. The highest BCUT2D eigenvalue weighted by molar-refractivity contribution is 6.35. The predicted molar refractivity (Wildman–Crippen MR) is 71.2 cm³/mol. The van der Waals surface area contributed by atoms with E-state index in [1.807, 2.05) is 32.0 Å². The van der Waals surface area contributed by atoms with Crippen molar-refractivity contribution in [3.8, 4) is 0 Å². The van der Waals surface area contributed by atoms with E-state index in [2.05, 4.69) is 5.32 Å². The number of benzene rings is 1. The van der Waals surface area contributed by atoms with Crippen LogP contribution in [0.5, 0.6) is 0 Å². The highest BCUT2D eigenvalue weighted by Gasteiger charge is 2.18. The Hall–Kier alpha value is -1.55. The van der Waals surface area contributed by atoms with Gasteiger partial charge in [-0.25, -0.2) is 0 Å². The second-order valence-corrected chi connectivity index (χ2v) is 4.16. The fourth-order valence-electron chi connectivity index (χ4n) is 1.55. The third kappa shape index (κ3) is 3.74. The Balaban J connectivity index is 2.56. The molecule has 0 aliphatic heterocycles. The summed E-state index contributed by atoms with van der Waals surface area (Å²) in [6.45, 7) is 4.97. The van der Waals surface area contributed by atoms with Crippen molar-refractivity contribution in [2.45, 2.75) is 20.4 Å². The third-order valence-corrected chi connectivity index (χ3v) is 3.01. The molecule has 4 nitrogen and oxygen atoms in total. The Morgan fingerprint density at radius 2 is 1.83 bits per heavy atom. The molecule has 98 valence electrons. The van der Waals surface area contributed by atoms with Crippen LogP contribution in [0.25, 0.3) is 0 Å². The van der Waals surface area contributed by atoms with E-state index in [4.69, 9.17) is 11.6 Å². The van der Waals surface area contributed by atoms with Crippen LogP contribution in [-0.4, -0.2) is 29.8 Å². The van der Waals surface area contributed by atoms with Crippen molar-refractivity contribution in [3.05, 3.63) is 34.9 Å². The lowest BCUT2D eigenvalue weighted by molar-refractivity contribution is -0.145. The van der Waals surface area contributed by atoms with Crippen molar-refractivity contribution in [1.82, 2.24) is 10.2 Å². The van der Waals surface area contributed by atoms with E-state index in [1.165, 1.54) is 4.90 Å². The van der Waals surface area contributed by atoms with Crippen LogP contribution in [0.1, 0.15) is 19.4 Å². The quantitative estimate of drug-likeness (QED) is 0.847. The van der Waals surface area contributed by atoms with Crippen LogP contribution in [0.2, 0.25) is 5.02 Å². The van der Waals surface area contributed by atoms with Crippen LogP contribution in [-0.2, 0) is 16.1 Å². The predicted octanol–water partition coefficient (Wildman–Crippen LogP) is 1.82. The number of rotatable bonds is 4. The molecule has 1 rings (SSSR count).